The summed E-state index contributed by atoms with van der Waals surface area (Å²) < 4.78 is 0. The van der Waals surface area contributed by atoms with Gasteiger partial charge in [-0.05, 0) is 25.3 Å². The average molecular weight is 227 g/mol. The summed E-state index contributed by atoms with van der Waals surface area (Å²) in [5.74, 6) is 0.822. The van der Waals surface area contributed by atoms with E-state index >= 15 is 0 Å². The van der Waals surface area contributed by atoms with Crippen LogP contribution in [0, 0.1) is 5.92 Å². The van der Waals surface area contributed by atoms with Crippen molar-refractivity contribution in [3.63, 3.8) is 0 Å². The van der Waals surface area contributed by atoms with Crippen LogP contribution in [-0.2, 0) is 4.79 Å². The van der Waals surface area contributed by atoms with E-state index in [1.165, 1.54) is 6.08 Å². The van der Waals surface area contributed by atoms with Gasteiger partial charge >= 0.3 is 0 Å². The molecule has 1 aliphatic carbocycles. The Bertz CT molecular complexity index is 495. The molecule has 86 valence electrons. The number of carbonyl (C=O) groups excluding carboxylic acids is 1. The van der Waals surface area contributed by atoms with E-state index in [1.807, 2.05) is 30.3 Å². The third-order valence-electron chi connectivity index (χ3n) is 2.54. The molecule has 0 radical (unpaired) electrons. The summed E-state index contributed by atoms with van der Waals surface area (Å²) in [7, 11) is 0. The van der Waals surface area contributed by atoms with Gasteiger partial charge in [0.2, 0.25) is 6.08 Å². The molecule has 0 saturated heterocycles. The molecule has 0 aromatic heterocycles. The Morgan fingerprint density at radius 3 is 2.53 bits per heavy atom. The zero-order valence-corrected chi connectivity index (χ0v) is 9.63. The van der Waals surface area contributed by atoms with Crippen molar-refractivity contribution in [3.8, 4) is 0 Å². The Labute approximate surface area is 99.8 Å². The molecular formula is C13H13N3O. The van der Waals surface area contributed by atoms with E-state index in [9.17, 15) is 4.79 Å². The maximum atomic E-state index is 10.1. The Morgan fingerprint density at radius 1 is 1.24 bits per heavy atom. The number of hydrogen-bond acceptors (Lipinski definition) is 3. The van der Waals surface area contributed by atoms with Crippen molar-refractivity contribution in [2.24, 2.45) is 21.1 Å². The summed E-state index contributed by atoms with van der Waals surface area (Å²) in [5.41, 5.74) is 2.06. The van der Waals surface area contributed by atoms with Crippen LogP contribution < -0.4 is 0 Å². The number of nitrogens with zero attached hydrogens (tertiary/aromatic N) is 3. The third kappa shape index (κ3) is 3.20. The van der Waals surface area contributed by atoms with Crippen LogP contribution in [0.1, 0.15) is 25.3 Å². The molecule has 1 aromatic rings. The van der Waals surface area contributed by atoms with Gasteiger partial charge in [-0.3, -0.25) is 0 Å². The van der Waals surface area contributed by atoms with Crippen LogP contribution in [0.4, 0.5) is 0 Å². The summed E-state index contributed by atoms with van der Waals surface area (Å²) in [4.78, 5) is 13.5. The normalized spacial score (nSPS) is 16.5. The van der Waals surface area contributed by atoms with Gasteiger partial charge in [0.25, 0.3) is 0 Å². The number of benzene rings is 1. The molecule has 0 bridgehead atoms. The van der Waals surface area contributed by atoms with Crippen molar-refractivity contribution >= 4 is 17.6 Å². The van der Waals surface area contributed by atoms with Gasteiger partial charge in [0.05, 0.1) is 5.71 Å². The molecule has 0 amide bonds. The molecular weight excluding hydrogens is 214 g/mol. The summed E-state index contributed by atoms with van der Waals surface area (Å²) in [5, 5.41) is 8.13. The van der Waals surface area contributed by atoms with E-state index in [-0.39, 0.29) is 0 Å². The highest BCUT2D eigenvalue weighted by atomic mass is 16.1. The molecule has 0 spiro atoms. The molecule has 4 nitrogen and oxygen atoms in total. The second-order valence-corrected chi connectivity index (χ2v) is 3.98. The molecule has 1 saturated carbocycles. The van der Waals surface area contributed by atoms with Crippen LogP contribution in [0.3, 0.4) is 0 Å². The summed E-state index contributed by atoms with van der Waals surface area (Å²) in [6.07, 6.45) is 3.75. The van der Waals surface area contributed by atoms with Crippen LogP contribution in [0.25, 0.3) is 0 Å². The largest absolute Gasteiger partial charge is 0.241 e. The standard InChI is InChI=1S/C13H13N3O/c1-10(14-9-17)15-16-13(12-7-8-12)11-5-3-2-4-6-11/h2-6,12H,7-8H2,1H3/b15-10+,16-13-. The molecule has 0 heterocycles. The zero-order valence-electron chi connectivity index (χ0n) is 9.63. The minimum absolute atomic E-state index is 0.328. The Hall–Kier alpha value is -2.06. The van der Waals surface area contributed by atoms with Crippen LogP contribution in [0.15, 0.2) is 45.5 Å². The topological polar surface area (TPSA) is 54.1 Å². The fraction of sp³-hybridized carbons (Fsp3) is 0.308. The minimum atomic E-state index is 0.328. The molecule has 1 aliphatic rings. The third-order valence-corrected chi connectivity index (χ3v) is 2.54. The molecule has 0 unspecified atom stereocenters. The average Bonchev–Trinajstić information content (AvgIpc) is 3.16. The van der Waals surface area contributed by atoms with Gasteiger partial charge in [-0.15, -0.1) is 5.10 Å². The van der Waals surface area contributed by atoms with Crippen LogP contribution >= 0.6 is 0 Å². The Morgan fingerprint density at radius 2 is 1.94 bits per heavy atom. The maximum Gasteiger partial charge on any atom is 0.241 e. The lowest BCUT2D eigenvalue weighted by molar-refractivity contribution is 0.565. The van der Waals surface area contributed by atoms with Crippen molar-refractivity contribution in [2.45, 2.75) is 19.8 Å². The lowest BCUT2D eigenvalue weighted by Crippen LogP contribution is -2.03. The number of amidine groups is 1. The van der Waals surface area contributed by atoms with E-state index in [0.29, 0.717) is 11.8 Å². The Balaban J connectivity index is 2.27. The molecule has 0 aliphatic heterocycles. The van der Waals surface area contributed by atoms with Gasteiger partial charge in [-0.2, -0.15) is 10.1 Å². The second-order valence-electron chi connectivity index (χ2n) is 3.98. The summed E-state index contributed by atoms with van der Waals surface area (Å²) in [6, 6.07) is 9.97. The van der Waals surface area contributed by atoms with Crippen molar-refractivity contribution in [3.05, 3.63) is 35.9 Å². The van der Waals surface area contributed by atoms with Gasteiger partial charge in [-0.1, -0.05) is 30.3 Å². The first-order chi connectivity index (χ1) is 8.31. The first kappa shape index (κ1) is 11.4. The van der Waals surface area contributed by atoms with E-state index in [0.717, 1.165) is 24.1 Å². The second kappa shape index (κ2) is 5.32. The monoisotopic (exact) mass is 227 g/mol. The van der Waals surface area contributed by atoms with Gasteiger partial charge in [0.1, 0.15) is 0 Å². The number of aliphatic imine (C=N–C) groups is 1. The van der Waals surface area contributed by atoms with E-state index in [1.54, 1.807) is 6.92 Å². The van der Waals surface area contributed by atoms with Gasteiger partial charge in [-0.25, -0.2) is 4.79 Å². The molecule has 1 aromatic carbocycles. The molecule has 0 atom stereocenters. The van der Waals surface area contributed by atoms with Crippen LogP contribution in [-0.4, -0.2) is 17.6 Å². The molecule has 2 rings (SSSR count). The number of isocyanates is 1. The number of rotatable bonds is 3. The Kier molecular flexibility index (Phi) is 3.58. The van der Waals surface area contributed by atoms with Crippen LogP contribution in [0.2, 0.25) is 0 Å². The maximum absolute atomic E-state index is 10.1. The number of hydrogen-bond donors (Lipinski definition) is 0. The quantitative estimate of drug-likeness (QED) is 0.339. The fourth-order valence-electron chi connectivity index (χ4n) is 1.56. The predicted molar refractivity (Wildman–Crippen MR) is 66.9 cm³/mol. The highest BCUT2D eigenvalue weighted by Crippen LogP contribution is 2.33. The highest BCUT2D eigenvalue weighted by Gasteiger charge is 2.28. The summed E-state index contributed by atoms with van der Waals surface area (Å²) in [6.45, 7) is 1.63. The lowest BCUT2D eigenvalue weighted by Gasteiger charge is -2.02. The smallest absolute Gasteiger partial charge is 0.211 e. The van der Waals surface area contributed by atoms with Crippen LogP contribution in [0.5, 0.6) is 0 Å². The van der Waals surface area contributed by atoms with E-state index in [4.69, 9.17) is 0 Å². The van der Waals surface area contributed by atoms with Gasteiger partial charge in [0.15, 0.2) is 5.84 Å². The zero-order chi connectivity index (χ0) is 12.1. The molecule has 1 fully saturated rings. The summed E-state index contributed by atoms with van der Waals surface area (Å²) >= 11 is 0. The highest BCUT2D eigenvalue weighted by molar-refractivity contribution is 6.03. The first-order valence-corrected chi connectivity index (χ1v) is 5.56. The fourth-order valence-corrected chi connectivity index (χ4v) is 1.56. The molecule has 0 N–H and O–H groups in total. The van der Waals surface area contributed by atoms with Gasteiger partial charge in [0, 0.05) is 5.92 Å². The molecule has 17 heavy (non-hydrogen) atoms. The molecule has 4 heteroatoms. The predicted octanol–water partition coefficient (Wildman–Crippen LogP) is 2.55. The van der Waals surface area contributed by atoms with Crippen molar-refractivity contribution in [1.82, 2.24) is 0 Å². The van der Waals surface area contributed by atoms with Crippen molar-refractivity contribution in [2.75, 3.05) is 0 Å². The lowest BCUT2D eigenvalue weighted by atomic mass is 10.1. The first-order valence-electron chi connectivity index (χ1n) is 5.56. The minimum Gasteiger partial charge on any atom is -0.211 e. The van der Waals surface area contributed by atoms with Crippen molar-refractivity contribution in [1.29, 1.82) is 0 Å². The van der Waals surface area contributed by atoms with E-state index < -0.39 is 0 Å². The van der Waals surface area contributed by atoms with E-state index in [2.05, 4.69) is 15.2 Å². The van der Waals surface area contributed by atoms with Crippen molar-refractivity contribution < 1.29 is 4.79 Å². The van der Waals surface area contributed by atoms with Gasteiger partial charge < -0.3 is 0 Å². The SMILES string of the molecule is C/C(N=C=O)=N\N=C(\c1ccccc1)C1CC1.